The monoisotopic (exact) mass is 621 g/mol. The van der Waals surface area contributed by atoms with E-state index in [0.717, 1.165) is 73.5 Å². The lowest BCUT2D eigenvalue weighted by molar-refractivity contribution is -0.127. The van der Waals surface area contributed by atoms with Gasteiger partial charge in [-0.1, -0.05) is 12.1 Å². The van der Waals surface area contributed by atoms with Gasteiger partial charge in [-0.05, 0) is 95.1 Å². The Hall–Kier alpha value is -2.22. The zero-order valence-corrected chi connectivity index (χ0v) is 25.9. The van der Waals surface area contributed by atoms with E-state index in [1.807, 2.05) is 39.9 Å². The molecule has 43 heavy (non-hydrogen) atoms. The highest BCUT2D eigenvalue weighted by Crippen LogP contribution is 2.46. The number of aliphatic hydroxyl groups is 2. The van der Waals surface area contributed by atoms with Gasteiger partial charge in [0.1, 0.15) is 23.3 Å². The normalized spacial score (nSPS) is 24.0. The van der Waals surface area contributed by atoms with Gasteiger partial charge in [-0.25, -0.2) is 22.7 Å². The van der Waals surface area contributed by atoms with Crippen LogP contribution in [0, 0.1) is 5.82 Å². The molecule has 6 rings (SSSR count). The Morgan fingerprint density at radius 3 is 2.44 bits per heavy atom. The molecule has 0 aliphatic carbocycles. The molecule has 8 nitrogen and oxygen atoms in total. The number of likely N-dealkylation sites (tertiary alicyclic amines) is 2. The Balaban J connectivity index is 0.000000682. The minimum Gasteiger partial charge on any atom is -0.367 e. The van der Waals surface area contributed by atoms with Crippen molar-refractivity contribution >= 4 is 17.3 Å². The van der Waals surface area contributed by atoms with E-state index < -0.39 is 17.2 Å². The zero-order valence-electron chi connectivity index (χ0n) is 25.1. The lowest BCUT2D eigenvalue weighted by atomic mass is 9.84. The number of ether oxygens (including phenoxy) is 1. The summed E-state index contributed by atoms with van der Waals surface area (Å²) in [7, 11) is 0. The van der Waals surface area contributed by atoms with Crippen LogP contribution in [0.15, 0.2) is 47.8 Å². The van der Waals surface area contributed by atoms with Crippen molar-refractivity contribution in [3.8, 4) is 0 Å². The van der Waals surface area contributed by atoms with E-state index in [1.165, 1.54) is 26.0 Å². The Morgan fingerprint density at radius 1 is 1.07 bits per heavy atom. The van der Waals surface area contributed by atoms with Gasteiger partial charge in [0.15, 0.2) is 5.79 Å². The van der Waals surface area contributed by atoms with E-state index in [1.54, 1.807) is 18.1 Å². The first-order valence-corrected chi connectivity index (χ1v) is 16.1. The van der Waals surface area contributed by atoms with Crippen LogP contribution in [0.25, 0.3) is 5.52 Å². The average molecular weight is 622 g/mol. The molecular formula is C31H42F3N5O3S. The number of hydrogen-bond acceptors (Lipinski definition) is 8. The van der Waals surface area contributed by atoms with Crippen molar-refractivity contribution in [1.82, 2.24) is 24.4 Å². The lowest BCUT2D eigenvalue weighted by Crippen LogP contribution is -2.53. The van der Waals surface area contributed by atoms with Gasteiger partial charge in [0.05, 0.1) is 23.9 Å². The van der Waals surface area contributed by atoms with Gasteiger partial charge >= 0.3 is 0 Å². The molecule has 3 aliphatic rings. The van der Waals surface area contributed by atoms with Crippen LogP contribution in [0.5, 0.6) is 0 Å². The van der Waals surface area contributed by atoms with Crippen molar-refractivity contribution in [2.45, 2.75) is 86.9 Å². The molecule has 1 spiro atoms. The van der Waals surface area contributed by atoms with Crippen LogP contribution < -0.4 is 0 Å². The first kappa shape index (κ1) is 32.2. The number of nitrogens with zero attached hydrogens (tertiary/aromatic N) is 5. The molecule has 2 aromatic heterocycles. The number of rotatable bonds is 7. The van der Waals surface area contributed by atoms with Crippen molar-refractivity contribution in [2.24, 2.45) is 0 Å². The number of piperidine rings is 1. The van der Waals surface area contributed by atoms with Crippen molar-refractivity contribution in [2.75, 3.05) is 39.0 Å². The molecular weight excluding hydrogens is 579 g/mol. The van der Waals surface area contributed by atoms with Gasteiger partial charge in [-0.15, -0.1) is 11.8 Å². The lowest BCUT2D eigenvalue weighted by Gasteiger charge is -2.45. The Morgan fingerprint density at radius 2 is 1.77 bits per heavy atom. The third-order valence-corrected chi connectivity index (χ3v) is 9.30. The van der Waals surface area contributed by atoms with E-state index in [4.69, 9.17) is 14.9 Å². The summed E-state index contributed by atoms with van der Waals surface area (Å²) in [6.07, 6.45) is 7.33. The largest absolute Gasteiger partial charge is 0.367 e. The van der Waals surface area contributed by atoms with Crippen LogP contribution in [0.4, 0.5) is 13.2 Å². The molecule has 0 unspecified atom stereocenters. The number of benzene rings is 1. The summed E-state index contributed by atoms with van der Waals surface area (Å²) in [5.74, 6) is -4.40. The second-order valence-corrected chi connectivity index (χ2v) is 13.3. The second-order valence-electron chi connectivity index (χ2n) is 12.5. The molecule has 3 fully saturated rings. The van der Waals surface area contributed by atoms with E-state index >= 15 is 0 Å². The summed E-state index contributed by atoms with van der Waals surface area (Å²) in [6, 6.07) is 10.7. The maximum absolute atomic E-state index is 14.8. The topological polar surface area (TPSA) is 86.4 Å². The molecule has 0 radical (unpaired) electrons. The van der Waals surface area contributed by atoms with E-state index in [-0.39, 0.29) is 31.0 Å². The zero-order chi connectivity index (χ0) is 30.8. The van der Waals surface area contributed by atoms with Crippen molar-refractivity contribution in [3.63, 3.8) is 0 Å². The maximum atomic E-state index is 14.8. The molecule has 2 atom stereocenters. The molecule has 0 bridgehead atoms. The Labute approximate surface area is 255 Å². The van der Waals surface area contributed by atoms with Crippen molar-refractivity contribution in [1.29, 1.82) is 0 Å². The highest BCUT2D eigenvalue weighted by molar-refractivity contribution is 7.98. The molecule has 3 saturated heterocycles. The van der Waals surface area contributed by atoms with E-state index in [2.05, 4.69) is 15.0 Å². The van der Waals surface area contributed by atoms with Gasteiger partial charge in [-0.2, -0.15) is 5.10 Å². The minimum atomic E-state index is -2.67. The van der Waals surface area contributed by atoms with Crippen LogP contribution in [-0.4, -0.2) is 96.9 Å². The number of alkyl halides is 2. The smallest absolute Gasteiger partial charge is 0.262 e. The number of aromatic nitrogens is 3. The van der Waals surface area contributed by atoms with Gasteiger partial charge in [0.25, 0.3) is 5.92 Å². The first-order valence-electron chi connectivity index (χ1n) is 14.9. The summed E-state index contributed by atoms with van der Waals surface area (Å²) in [4.78, 5) is 8.74. The van der Waals surface area contributed by atoms with Crippen molar-refractivity contribution < 1.29 is 28.1 Å². The predicted molar refractivity (Wildman–Crippen MR) is 160 cm³/mol. The molecule has 1 aromatic carbocycles. The fourth-order valence-corrected chi connectivity index (χ4v) is 7.13. The standard InChI is InChI=1S/C28H34F3N5OS.C3H8O2/c1-38-26-24-8-7-23(36(24)33-19-32-26)25-9-6-22(37-25)16-35-18-28(30,31)17-27(35)11-14-34(15-12-27)13-10-20-2-4-21(29)5-3-20;1-3(2,4)5/h2-5,7-8,19,22,25H,6,9-18H2,1H3;4-5H,1-2H3/t22-,25+;/m0./s1. The molecule has 3 aromatic rings. The quantitative estimate of drug-likeness (QED) is 0.284. The fourth-order valence-electron chi connectivity index (χ4n) is 6.61. The van der Waals surface area contributed by atoms with Crippen LogP contribution in [0.3, 0.4) is 0 Å². The highest BCUT2D eigenvalue weighted by Gasteiger charge is 2.55. The molecule has 0 amide bonds. The predicted octanol–water partition coefficient (Wildman–Crippen LogP) is 4.94. The van der Waals surface area contributed by atoms with Crippen LogP contribution in [0.2, 0.25) is 0 Å². The van der Waals surface area contributed by atoms with E-state index in [9.17, 15) is 13.2 Å². The highest BCUT2D eigenvalue weighted by atomic mass is 32.2. The molecule has 12 heteroatoms. The number of halogens is 3. The summed E-state index contributed by atoms with van der Waals surface area (Å²) in [5, 5.41) is 21.5. The Kier molecular flexibility index (Phi) is 9.75. The summed E-state index contributed by atoms with van der Waals surface area (Å²) in [5.41, 5.74) is 2.59. The fraction of sp³-hybridized carbons (Fsp3) is 0.613. The molecule has 236 valence electrons. The van der Waals surface area contributed by atoms with E-state index in [0.29, 0.717) is 6.54 Å². The summed E-state index contributed by atoms with van der Waals surface area (Å²) in [6.45, 7) is 5.41. The van der Waals surface area contributed by atoms with Crippen LogP contribution in [0.1, 0.15) is 63.3 Å². The second kappa shape index (κ2) is 13.0. The van der Waals surface area contributed by atoms with Crippen molar-refractivity contribution in [3.05, 3.63) is 59.8 Å². The summed E-state index contributed by atoms with van der Waals surface area (Å²) < 4.78 is 51.1. The molecule has 5 heterocycles. The number of thioether (sulfide) groups is 1. The number of hydrogen-bond donors (Lipinski definition) is 2. The SMILES string of the molecule is CC(C)(O)O.CSc1ncnn2c([C@H]3CC[C@@H](CN4CC(F)(F)CC45CCN(CCc4ccc(F)cc4)CC5)O3)ccc12. The number of fused-ring (bicyclic) bond motifs is 1. The molecule has 0 saturated carbocycles. The maximum Gasteiger partial charge on any atom is 0.262 e. The van der Waals surface area contributed by atoms with Gasteiger partial charge in [-0.3, -0.25) is 4.90 Å². The molecule has 3 aliphatic heterocycles. The first-order chi connectivity index (χ1) is 20.3. The average Bonchev–Trinajstić information content (AvgIpc) is 3.64. The van der Waals surface area contributed by atoms with Crippen LogP contribution >= 0.6 is 11.8 Å². The van der Waals surface area contributed by atoms with Gasteiger partial charge in [0.2, 0.25) is 0 Å². The van der Waals surface area contributed by atoms with Gasteiger partial charge < -0.3 is 19.8 Å². The third kappa shape index (κ3) is 8.09. The molecule has 2 N–H and O–H groups in total. The van der Waals surface area contributed by atoms with Crippen LogP contribution in [-0.2, 0) is 11.2 Å². The minimum absolute atomic E-state index is 0.0698. The summed E-state index contributed by atoms with van der Waals surface area (Å²) >= 11 is 1.58. The van der Waals surface area contributed by atoms with Gasteiger partial charge in [0, 0.05) is 25.0 Å². The Bertz CT molecular complexity index is 1350. The third-order valence-electron chi connectivity index (χ3n) is 8.60.